The fraction of sp³-hybridized carbons (Fsp3) is 0.188. The summed E-state index contributed by atoms with van der Waals surface area (Å²) in [6, 6.07) is 11.5. The normalized spacial score (nSPS) is 13.8. The molecule has 2 aromatic carbocycles. The summed E-state index contributed by atoms with van der Waals surface area (Å²) in [4.78, 5) is 21.3. The molecule has 0 aliphatic rings. The Morgan fingerprint density at radius 1 is 1.12 bits per heavy atom. The summed E-state index contributed by atoms with van der Waals surface area (Å²) in [5.41, 5.74) is 0.410. The minimum Gasteiger partial charge on any atom is -0.480 e. The third-order valence-corrected chi connectivity index (χ3v) is 5.19. The molecule has 0 bridgehead atoms. The van der Waals surface area contributed by atoms with Gasteiger partial charge in [-0.3, -0.25) is 14.9 Å². The highest BCUT2D eigenvalue weighted by Crippen LogP contribution is 2.22. The lowest BCUT2D eigenvalue weighted by Gasteiger charge is -2.21. The molecule has 0 heterocycles. The molecule has 0 fully saturated rings. The molecule has 2 N–H and O–H groups in total. The molecule has 0 aromatic heterocycles. The van der Waals surface area contributed by atoms with Crippen molar-refractivity contribution in [2.45, 2.75) is 23.8 Å². The Morgan fingerprint density at radius 3 is 2.16 bits per heavy atom. The van der Waals surface area contributed by atoms with Crippen molar-refractivity contribution < 1.29 is 23.2 Å². The monoisotopic (exact) mass is 364 g/mol. The van der Waals surface area contributed by atoms with Crippen LogP contribution in [0.25, 0.3) is 0 Å². The number of benzene rings is 2. The van der Waals surface area contributed by atoms with Crippen molar-refractivity contribution in [1.29, 1.82) is 0 Å². The Hall–Kier alpha value is -2.78. The molecule has 8 nitrogen and oxygen atoms in total. The van der Waals surface area contributed by atoms with E-state index in [2.05, 4.69) is 4.72 Å². The third kappa shape index (κ3) is 4.40. The number of sulfonamides is 1. The highest BCUT2D eigenvalue weighted by Gasteiger charge is 2.31. The van der Waals surface area contributed by atoms with Crippen molar-refractivity contribution in [3.8, 4) is 0 Å². The first kappa shape index (κ1) is 18.6. The molecule has 132 valence electrons. The number of carboxylic acids is 1. The number of non-ortho nitro benzene ring substituents is 1. The number of nitro groups is 1. The van der Waals surface area contributed by atoms with Crippen molar-refractivity contribution >= 4 is 21.7 Å². The molecule has 2 rings (SSSR count). The van der Waals surface area contributed by atoms with Gasteiger partial charge in [0.25, 0.3) is 5.69 Å². The number of nitro benzene ring substituents is 1. The Morgan fingerprint density at radius 2 is 1.68 bits per heavy atom. The zero-order valence-electron chi connectivity index (χ0n) is 13.2. The fourth-order valence-electron chi connectivity index (χ4n) is 2.30. The van der Waals surface area contributed by atoms with Crippen LogP contribution in [0.2, 0.25) is 0 Å². The van der Waals surface area contributed by atoms with Crippen LogP contribution < -0.4 is 4.72 Å². The van der Waals surface area contributed by atoms with Gasteiger partial charge in [-0.05, 0) is 17.7 Å². The number of nitrogens with one attached hydrogen (secondary N) is 1. The molecular formula is C16H16N2O6S. The van der Waals surface area contributed by atoms with E-state index in [1.807, 2.05) is 0 Å². The van der Waals surface area contributed by atoms with Gasteiger partial charge in [-0.25, -0.2) is 8.42 Å². The summed E-state index contributed by atoms with van der Waals surface area (Å²) in [6.45, 7) is 1.60. The summed E-state index contributed by atoms with van der Waals surface area (Å²) >= 11 is 0. The van der Waals surface area contributed by atoms with E-state index in [0.717, 1.165) is 24.3 Å². The van der Waals surface area contributed by atoms with E-state index in [9.17, 15) is 28.4 Å². The highest BCUT2D eigenvalue weighted by molar-refractivity contribution is 7.89. The second-order valence-electron chi connectivity index (χ2n) is 5.39. The predicted octanol–water partition coefficient (Wildman–Crippen LogP) is 2.13. The van der Waals surface area contributed by atoms with Crippen LogP contribution in [0.3, 0.4) is 0 Å². The zero-order chi connectivity index (χ0) is 18.6. The largest absolute Gasteiger partial charge is 0.480 e. The van der Waals surface area contributed by atoms with Gasteiger partial charge >= 0.3 is 5.97 Å². The molecular weight excluding hydrogens is 348 g/mol. The first-order valence-electron chi connectivity index (χ1n) is 7.27. The molecule has 0 radical (unpaired) electrons. The molecule has 25 heavy (non-hydrogen) atoms. The molecule has 0 spiro atoms. The Labute approximate surface area is 144 Å². The lowest BCUT2D eigenvalue weighted by Crippen LogP contribution is -2.44. The predicted molar refractivity (Wildman–Crippen MR) is 89.7 cm³/mol. The smallest absolute Gasteiger partial charge is 0.322 e. The topological polar surface area (TPSA) is 127 Å². The second-order valence-corrected chi connectivity index (χ2v) is 7.10. The molecule has 0 saturated heterocycles. The summed E-state index contributed by atoms with van der Waals surface area (Å²) in [5, 5.41) is 20.1. The standard InChI is InChI=1S/C16H16N2O6S/c1-11(12-5-3-2-4-6-12)15(16(19)20)17-25(23,24)14-9-7-13(8-10-14)18(21)22/h2-11,15,17H,1H3,(H,19,20). The number of hydrogen-bond donors (Lipinski definition) is 2. The molecule has 0 amide bonds. The summed E-state index contributed by atoms with van der Waals surface area (Å²) in [6.07, 6.45) is 0. The van der Waals surface area contributed by atoms with E-state index in [4.69, 9.17) is 0 Å². The van der Waals surface area contributed by atoms with Gasteiger partial charge in [-0.15, -0.1) is 0 Å². The zero-order valence-corrected chi connectivity index (χ0v) is 14.0. The van der Waals surface area contributed by atoms with Gasteiger partial charge in [-0.2, -0.15) is 4.72 Å². The van der Waals surface area contributed by atoms with E-state index in [1.54, 1.807) is 37.3 Å². The Kier molecular flexibility index (Phi) is 5.50. The number of nitrogens with zero attached hydrogens (tertiary/aromatic N) is 1. The van der Waals surface area contributed by atoms with Crippen LogP contribution in [0, 0.1) is 10.1 Å². The van der Waals surface area contributed by atoms with Crippen molar-refractivity contribution in [3.05, 3.63) is 70.3 Å². The van der Waals surface area contributed by atoms with Crippen LogP contribution in [0.15, 0.2) is 59.5 Å². The molecule has 2 atom stereocenters. The first-order chi connectivity index (χ1) is 11.7. The Balaban J connectivity index is 2.28. The molecule has 9 heteroatoms. The van der Waals surface area contributed by atoms with Crippen LogP contribution in [-0.2, 0) is 14.8 Å². The van der Waals surface area contributed by atoms with Crippen LogP contribution >= 0.6 is 0 Å². The van der Waals surface area contributed by atoms with Gasteiger partial charge in [0, 0.05) is 18.1 Å². The summed E-state index contributed by atoms with van der Waals surface area (Å²) in [5.74, 6) is -1.94. The molecule has 2 aromatic rings. The minimum absolute atomic E-state index is 0.246. The van der Waals surface area contributed by atoms with Crippen molar-refractivity contribution in [2.75, 3.05) is 0 Å². The van der Waals surface area contributed by atoms with E-state index in [-0.39, 0.29) is 10.6 Å². The number of rotatable bonds is 7. The third-order valence-electron chi connectivity index (χ3n) is 3.73. The minimum atomic E-state index is -4.15. The Bertz CT molecular complexity index is 865. The SMILES string of the molecule is CC(c1ccccc1)C(NS(=O)(=O)c1ccc([N+](=O)[O-])cc1)C(=O)O. The molecule has 0 aliphatic heterocycles. The average molecular weight is 364 g/mol. The maximum atomic E-state index is 12.4. The number of carboxylic acid groups (broad SMARTS) is 1. The van der Waals surface area contributed by atoms with Gasteiger partial charge in [0.2, 0.25) is 10.0 Å². The van der Waals surface area contributed by atoms with E-state index in [0.29, 0.717) is 5.56 Å². The molecule has 0 aliphatic carbocycles. The first-order valence-corrected chi connectivity index (χ1v) is 8.75. The molecule has 2 unspecified atom stereocenters. The van der Waals surface area contributed by atoms with Crippen molar-refractivity contribution in [3.63, 3.8) is 0 Å². The fourth-order valence-corrected chi connectivity index (χ4v) is 3.57. The van der Waals surface area contributed by atoms with Crippen LogP contribution in [0.4, 0.5) is 5.69 Å². The number of hydrogen-bond acceptors (Lipinski definition) is 5. The number of aliphatic carboxylic acids is 1. The van der Waals surface area contributed by atoms with Crippen molar-refractivity contribution in [2.24, 2.45) is 0 Å². The lowest BCUT2D eigenvalue weighted by molar-refractivity contribution is -0.384. The van der Waals surface area contributed by atoms with Gasteiger partial charge in [0.05, 0.1) is 9.82 Å². The van der Waals surface area contributed by atoms with Crippen molar-refractivity contribution in [1.82, 2.24) is 4.72 Å². The maximum Gasteiger partial charge on any atom is 0.322 e. The average Bonchev–Trinajstić information content (AvgIpc) is 2.59. The van der Waals surface area contributed by atoms with Crippen LogP contribution in [0.5, 0.6) is 0 Å². The quantitative estimate of drug-likeness (QED) is 0.572. The van der Waals surface area contributed by atoms with Gasteiger partial charge in [0.1, 0.15) is 6.04 Å². The maximum absolute atomic E-state index is 12.4. The lowest BCUT2D eigenvalue weighted by atomic mass is 9.94. The number of carbonyl (C=O) groups is 1. The van der Waals surface area contributed by atoms with E-state index >= 15 is 0 Å². The summed E-state index contributed by atoms with van der Waals surface area (Å²) in [7, 11) is -4.15. The van der Waals surface area contributed by atoms with E-state index in [1.165, 1.54) is 0 Å². The summed E-state index contributed by atoms with van der Waals surface area (Å²) < 4.78 is 27.0. The van der Waals surface area contributed by atoms with Crippen LogP contribution in [-0.4, -0.2) is 30.5 Å². The van der Waals surface area contributed by atoms with Gasteiger partial charge in [0.15, 0.2) is 0 Å². The van der Waals surface area contributed by atoms with Gasteiger partial charge < -0.3 is 5.11 Å². The second kappa shape index (κ2) is 7.41. The van der Waals surface area contributed by atoms with E-state index < -0.39 is 32.9 Å². The van der Waals surface area contributed by atoms with Crippen LogP contribution in [0.1, 0.15) is 18.4 Å². The highest BCUT2D eigenvalue weighted by atomic mass is 32.2. The van der Waals surface area contributed by atoms with Gasteiger partial charge in [-0.1, -0.05) is 37.3 Å². The molecule has 0 saturated carbocycles.